The van der Waals surface area contributed by atoms with Gasteiger partial charge in [0, 0.05) is 35.8 Å². The van der Waals surface area contributed by atoms with Gasteiger partial charge >= 0.3 is 0 Å². The topological polar surface area (TPSA) is 33.7 Å². The number of ether oxygens (including phenoxy) is 2. The molecule has 0 bridgehead atoms. The number of nitrogens with one attached hydrogen (secondary N) is 1. The zero-order chi connectivity index (χ0) is 18.1. The highest BCUT2D eigenvalue weighted by atomic mass is 35.5. The van der Waals surface area contributed by atoms with E-state index in [0.29, 0.717) is 18.2 Å². The summed E-state index contributed by atoms with van der Waals surface area (Å²) in [6, 6.07) is 13.7. The number of para-hydroxylation sites is 1. The first-order valence-corrected chi connectivity index (χ1v) is 8.96. The number of rotatable bonds is 10. The molecule has 0 radical (unpaired) electrons. The van der Waals surface area contributed by atoms with Crippen LogP contribution in [-0.2, 0) is 13.2 Å². The molecule has 0 amide bonds. The Bertz CT molecular complexity index is 669. The molecule has 0 spiro atoms. The molecule has 27 heavy (non-hydrogen) atoms. The number of hydrogen-bond donors (Lipinski definition) is 1. The van der Waals surface area contributed by atoms with E-state index in [9.17, 15) is 0 Å². The summed E-state index contributed by atoms with van der Waals surface area (Å²) in [5.41, 5.74) is 2.04. The molecule has 0 aliphatic heterocycles. The lowest BCUT2D eigenvalue weighted by Crippen LogP contribution is -2.26. The predicted octanol–water partition coefficient (Wildman–Crippen LogP) is 4.81. The van der Waals surface area contributed by atoms with Crippen LogP contribution in [0, 0.1) is 0 Å². The van der Waals surface area contributed by atoms with E-state index in [1.54, 1.807) is 0 Å². The van der Waals surface area contributed by atoms with Crippen molar-refractivity contribution in [1.29, 1.82) is 0 Å². The molecule has 0 saturated heterocycles. The fourth-order valence-electron chi connectivity index (χ4n) is 2.42. The third-order valence-corrected chi connectivity index (χ3v) is 4.11. The highest BCUT2D eigenvalue weighted by molar-refractivity contribution is 6.31. The van der Waals surface area contributed by atoms with Crippen LogP contribution in [0.1, 0.15) is 18.1 Å². The third-order valence-electron chi connectivity index (χ3n) is 3.74. The zero-order valence-corrected chi connectivity index (χ0v) is 18.4. The predicted molar refractivity (Wildman–Crippen MR) is 118 cm³/mol. The van der Waals surface area contributed by atoms with Crippen LogP contribution in [0.25, 0.3) is 0 Å². The Labute approximate surface area is 180 Å². The van der Waals surface area contributed by atoms with Gasteiger partial charge in [0.1, 0.15) is 6.61 Å². The Kier molecular flexibility index (Phi) is 13.3. The van der Waals surface area contributed by atoms with E-state index in [-0.39, 0.29) is 24.8 Å². The van der Waals surface area contributed by atoms with Crippen LogP contribution >= 0.6 is 36.4 Å². The summed E-state index contributed by atoms with van der Waals surface area (Å²) in [4.78, 5) is 2.15. The van der Waals surface area contributed by atoms with Gasteiger partial charge in [0.25, 0.3) is 0 Å². The summed E-state index contributed by atoms with van der Waals surface area (Å²) >= 11 is 6.23. The van der Waals surface area contributed by atoms with Crippen molar-refractivity contribution >= 4 is 36.4 Å². The molecule has 2 aromatic carbocycles. The number of nitrogens with zero attached hydrogens (tertiary/aromatic N) is 1. The minimum atomic E-state index is 0. The van der Waals surface area contributed by atoms with E-state index in [2.05, 4.69) is 30.4 Å². The molecular weight excluding hydrogens is 407 g/mol. The summed E-state index contributed by atoms with van der Waals surface area (Å²) in [7, 11) is 4.13. The van der Waals surface area contributed by atoms with Crippen molar-refractivity contribution in [1.82, 2.24) is 10.2 Å². The second-order valence-corrected chi connectivity index (χ2v) is 6.44. The van der Waals surface area contributed by atoms with Crippen LogP contribution in [-0.4, -0.2) is 38.7 Å². The van der Waals surface area contributed by atoms with Crippen molar-refractivity contribution < 1.29 is 9.47 Å². The maximum atomic E-state index is 6.23. The monoisotopic (exact) mass is 434 g/mol. The highest BCUT2D eigenvalue weighted by Gasteiger charge is 2.12. The van der Waals surface area contributed by atoms with Gasteiger partial charge in [-0.25, -0.2) is 0 Å². The lowest BCUT2D eigenvalue weighted by molar-refractivity contribution is 0.266. The Morgan fingerprint density at radius 3 is 2.33 bits per heavy atom. The molecule has 1 N–H and O–H groups in total. The molecule has 0 heterocycles. The first-order valence-electron chi connectivity index (χ1n) is 8.58. The quantitative estimate of drug-likeness (QED) is 0.543. The smallest absolute Gasteiger partial charge is 0.166 e. The number of benzene rings is 2. The van der Waals surface area contributed by atoms with Crippen LogP contribution in [0.3, 0.4) is 0 Å². The van der Waals surface area contributed by atoms with Gasteiger partial charge < -0.3 is 19.7 Å². The number of likely N-dealkylation sites (N-methyl/N-ethyl adjacent to an activating group) is 1. The van der Waals surface area contributed by atoms with E-state index in [1.807, 2.05) is 43.3 Å². The van der Waals surface area contributed by atoms with Crippen molar-refractivity contribution in [3.63, 3.8) is 0 Å². The largest absolute Gasteiger partial charge is 0.490 e. The Balaban J connectivity index is 0.00000338. The van der Waals surface area contributed by atoms with Gasteiger partial charge in [-0.3, -0.25) is 0 Å². The standard InChI is InChI=1S/C20H27ClN2O2.2ClH/c1-4-24-19-11-7-9-16(14-22-12-13-23(2)3)20(19)25-15-17-8-5-6-10-18(17)21;;/h5-11,22H,4,12-15H2,1-3H3;2*1H. The van der Waals surface area contributed by atoms with Crippen LogP contribution < -0.4 is 14.8 Å². The van der Waals surface area contributed by atoms with E-state index < -0.39 is 0 Å². The van der Waals surface area contributed by atoms with Gasteiger partial charge in [-0.15, -0.1) is 24.8 Å². The fourth-order valence-corrected chi connectivity index (χ4v) is 2.61. The van der Waals surface area contributed by atoms with E-state index >= 15 is 0 Å². The Hall–Kier alpha value is -1.17. The molecule has 0 aromatic heterocycles. The summed E-state index contributed by atoms with van der Waals surface area (Å²) < 4.78 is 11.9. The fraction of sp³-hybridized carbons (Fsp3) is 0.400. The van der Waals surface area contributed by atoms with E-state index in [1.165, 1.54) is 0 Å². The average Bonchev–Trinajstić information content (AvgIpc) is 2.59. The first kappa shape index (κ1) is 25.8. The van der Waals surface area contributed by atoms with Gasteiger partial charge in [-0.05, 0) is 33.2 Å². The first-order chi connectivity index (χ1) is 12.1. The summed E-state index contributed by atoms with van der Waals surface area (Å²) in [5, 5.41) is 4.16. The minimum absolute atomic E-state index is 0. The Morgan fingerprint density at radius 1 is 0.963 bits per heavy atom. The summed E-state index contributed by atoms with van der Waals surface area (Å²) in [5.74, 6) is 1.54. The van der Waals surface area contributed by atoms with E-state index in [4.69, 9.17) is 21.1 Å². The normalized spacial score (nSPS) is 10.1. The van der Waals surface area contributed by atoms with Crippen molar-refractivity contribution in [3.8, 4) is 11.5 Å². The SMILES string of the molecule is CCOc1cccc(CNCCN(C)C)c1OCc1ccccc1Cl.Cl.Cl. The van der Waals surface area contributed by atoms with E-state index in [0.717, 1.165) is 42.3 Å². The second-order valence-electron chi connectivity index (χ2n) is 6.04. The third kappa shape index (κ3) is 8.58. The molecule has 0 atom stereocenters. The average molecular weight is 436 g/mol. The summed E-state index contributed by atoms with van der Waals surface area (Å²) in [6.07, 6.45) is 0. The molecule has 7 heteroatoms. The maximum absolute atomic E-state index is 6.23. The maximum Gasteiger partial charge on any atom is 0.166 e. The molecule has 0 aliphatic rings. The van der Waals surface area contributed by atoms with Crippen molar-refractivity contribution in [3.05, 3.63) is 58.6 Å². The van der Waals surface area contributed by atoms with Gasteiger partial charge in [-0.1, -0.05) is 41.9 Å². The summed E-state index contributed by atoms with van der Waals surface area (Å²) in [6.45, 7) is 5.61. The second kappa shape index (κ2) is 13.9. The van der Waals surface area contributed by atoms with Crippen molar-refractivity contribution in [2.45, 2.75) is 20.1 Å². The zero-order valence-electron chi connectivity index (χ0n) is 16.0. The molecular formula is C20H29Cl3N2O2. The van der Waals surface area contributed by atoms with Gasteiger partial charge in [0.2, 0.25) is 0 Å². The molecule has 0 fully saturated rings. The lowest BCUT2D eigenvalue weighted by atomic mass is 10.1. The molecule has 0 unspecified atom stereocenters. The number of hydrogen-bond acceptors (Lipinski definition) is 4. The number of halogens is 3. The molecule has 2 aromatic rings. The van der Waals surface area contributed by atoms with Crippen LogP contribution in [0.4, 0.5) is 0 Å². The van der Waals surface area contributed by atoms with Crippen molar-refractivity contribution in [2.75, 3.05) is 33.8 Å². The minimum Gasteiger partial charge on any atom is -0.490 e. The van der Waals surface area contributed by atoms with Crippen LogP contribution in [0.2, 0.25) is 5.02 Å². The van der Waals surface area contributed by atoms with Crippen LogP contribution in [0.5, 0.6) is 11.5 Å². The van der Waals surface area contributed by atoms with Gasteiger partial charge in [0.15, 0.2) is 11.5 Å². The Morgan fingerprint density at radius 2 is 1.67 bits per heavy atom. The molecule has 0 saturated carbocycles. The highest BCUT2D eigenvalue weighted by Crippen LogP contribution is 2.32. The molecule has 152 valence electrons. The van der Waals surface area contributed by atoms with Crippen molar-refractivity contribution in [2.24, 2.45) is 0 Å². The van der Waals surface area contributed by atoms with Crippen LogP contribution in [0.15, 0.2) is 42.5 Å². The molecule has 0 aliphatic carbocycles. The molecule has 4 nitrogen and oxygen atoms in total. The van der Waals surface area contributed by atoms with Gasteiger partial charge in [-0.2, -0.15) is 0 Å². The lowest BCUT2D eigenvalue weighted by Gasteiger charge is -2.17. The molecule has 2 rings (SSSR count). The van der Waals surface area contributed by atoms with Gasteiger partial charge in [0.05, 0.1) is 6.61 Å².